The molecule has 0 saturated heterocycles. The highest BCUT2D eigenvalue weighted by Gasteiger charge is 2.26. The van der Waals surface area contributed by atoms with Gasteiger partial charge in [0, 0.05) is 17.5 Å². The van der Waals surface area contributed by atoms with Crippen LogP contribution in [0.2, 0.25) is 0 Å². The highest BCUT2D eigenvalue weighted by molar-refractivity contribution is 7.13. The topological polar surface area (TPSA) is 76.7 Å². The maximum Gasteiger partial charge on any atom is 0.514 e. The Morgan fingerprint density at radius 3 is 2.50 bits per heavy atom. The summed E-state index contributed by atoms with van der Waals surface area (Å²) in [5.74, 6) is -0.00165. The summed E-state index contributed by atoms with van der Waals surface area (Å²) in [4.78, 5) is 10.7. The summed E-state index contributed by atoms with van der Waals surface area (Å²) >= 11 is 1.20. The van der Waals surface area contributed by atoms with Gasteiger partial charge in [-0.05, 0) is 24.3 Å². The third-order valence-electron chi connectivity index (χ3n) is 4.63. The van der Waals surface area contributed by atoms with E-state index in [-0.39, 0.29) is 5.82 Å². The monoisotopic (exact) mass is 392 g/mol. The fourth-order valence-electron chi connectivity index (χ4n) is 3.31. The van der Waals surface area contributed by atoms with Crippen molar-refractivity contribution in [3.8, 4) is 11.3 Å². The second kappa shape index (κ2) is 7.32. The second-order valence-electron chi connectivity index (χ2n) is 6.22. The molecule has 2 aromatic heterocycles. The Hall–Kier alpha value is -3.39. The maximum absolute atomic E-state index is 11.1. The molecular formula is C20H18N5O2S+. The van der Waals surface area contributed by atoms with Crippen molar-refractivity contribution in [3.05, 3.63) is 70.1 Å². The van der Waals surface area contributed by atoms with Crippen molar-refractivity contribution in [2.24, 2.45) is 17.3 Å². The van der Waals surface area contributed by atoms with E-state index in [0.717, 1.165) is 34.4 Å². The first kappa shape index (κ1) is 18.0. The van der Waals surface area contributed by atoms with Crippen molar-refractivity contribution in [1.82, 2.24) is 4.57 Å². The summed E-state index contributed by atoms with van der Waals surface area (Å²) < 4.78 is 3.66. The SMILES string of the molecule is CCn1c(-c2ccccc2)c(N=Nc2scc([N+](=O)[O-])[n+]2C)c2ccccc21. The van der Waals surface area contributed by atoms with E-state index in [1.165, 1.54) is 21.3 Å². The molecule has 0 aliphatic rings. The van der Waals surface area contributed by atoms with Gasteiger partial charge in [-0.25, -0.2) is 0 Å². The molecular weight excluding hydrogens is 374 g/mol. The van der Waals surface area contributed by atoms with Gasteiger partial charge in [-0.1, -0.05) is 53.6 Å². The van der Waals surface area contributed by atoms with Crippen LogP contribution in [-0.2, 0) is 13.6 Å². The van der Waals surface area contributed by atoms with E-state index in [0.29, 0.717) is 5.13 Å². The molecule has 0 bridgehead atoms. The summed E-state index contributed by atoms with van der Waals surface area (Å²) in [5.41, 5.74) is 3.89. The molecule has 0 aliphatic heterocycles. The molecule has 4 rings (SSSR count). The number of para-hydroxylation sites is 1. The average molecular weight is 392 g/mol. The number of aromatic nitrogens is 2. The van der Waals surface area contributed by atoms with Crippen molar-refractivity contribution < 1.29 is 9.49 Å². The molecule has 4 aromatic rings. The van der Waals surface area contributed by atoms with Crippen LogP contribution in [0.3, 0.4) is 0 Å². The molecule has 0 unspecified atom stereocenters. The molecule has 0 radical (unpaired) electrons. The number of nitrogens with zero attached hydrogens (tertiary/aromatic N) is 5. The number of hydrogen-bond donors (Lipinski definition) is 0. The van der Waals surface area contributed by atoms with Gasteiger partial charge < -0.3 is 4.57 Å². The fourth-order valence-corrected chi connectivity index (χ4v) is 4.11. The van der Waals surface area contributed by atoms with E-state index in [1.54, 1.807) is 7.05 Å². The lowest BCUT2D eigenvalue weighted by molar-refractivity contribution is -0.701. The Kier molecular flexibility index (Phi) is 4.70. The molecule has 7 nitrogen and oxygen atoms in total. The quantitative estimate of drug-likeness (QED) is 0.194. The normalized spacial score (nSPS) is 11.5. The molecule has 28 heavy (non-hydrogen) atoms. The zero-order valence-corrected chi connectivity index (χ0v) is 16.3. The minimum atomic E-state index is -0.423. The predicted molar refractivity (Wildman–Crippen MR) is 109 cm³/mol. The number of benzene rings is 2. The molecule has 0 aliphatic carbocycles. The third kappa shape index (κ3) is 2.97. The Labute approximate surface area is 165 Å². The summed E-state index contributed by atoms with van der Waals surface area (Å²) in [5, 5.41) is 22.9. The van der Waals surface area contributed by atoms with Crippen molar-refractivity contribution in [2.45, 2.75) is 13.5 Å². The molecule has 140 valence electrons. The second-order valence-corrected chi connectivity index (χ2v) is 7.05. The standard InChI is InChI=1S/C20H18N5O2S/c1-3-24-16-12-8-7-11-15(16)18(19(24)14-9-5-4-6-10-14)21-22-20-23(2)17(13-28-20)25(26)27/h4-13H,3H2,1-2H3/q+1. The lowest BCUT2D eigenvalue weighted by atomic mass is 10.1. The van der Waals surface area contributed by atoms with Crippen LogP contribution in [0.25, 0.3) is 22.2 Å². The molecule has 0 saturated carbocycles. The van der Waals surface area contributed by atoms with Crippen LogP contribution in [0, 0.1) is 10.1 Å². The molecule has 2 heterocycles. The first-order valence-electron chi connectivity index (χ1n) is 8.82. The summed E-state index contributed by atoms with van der Waals surface area (Å²) in [6.45, 7) is 2.89. The van der Waals surface area contributed by atoms with Gasteiger partial charge in [0.2, 0.25) is 0 Å². The van der Waals surface area contributed by atoms with Gasteiger partial charge in [0.15, 0.2) is 0 Å². The van der Waals surface area contributed by atoms with Crippen LogP contribution in [0.4, 0.5) is 16.6 Å². The van der Waals surface area contributed by atoms with E-state index in [9.17, 15) is 10.1 Å². The van der Waals surface area contributed by atoms with E-state index < -0.39 is 4.92 Å². The molecule has 0 atom stereocenters. The van der Waals surface area contributed by atoms with Crippen molar-refractivity contribution in [1.29, 1.82) is 0 Å². The van der Waals surface area contributed by atoms with Crippen molar-refractivity contribution >= 4 is 38.9 Å². The number of azo groups is 1. The van der Waals surface area contributed by atoms with E-state index in [1.807, 2.05) is 36.4 Å². The van der Waals surface area contributed by atoms with Crippen molar-refractivity contribution in [2.75, 3.05) is 0 Å². The zero-order chi connectivity index (χ0) is 19.7. The van der Waals surface area contributed by atoms with Gasteiger partial charge in [0.05, 0.1) is 11.2 Å². The molecule has 0 N–H and O–H groups in total. The van der Waals surface area contributed by atoms with Crippen LogP contribution in [0.5, 0.6) is 0 Å². The first-order valence-corrected chi connectivity index (χ1v) is 9.70. The third-order valence-corrected chi connectivity index (χ3v) is 5.53. The smallest absolute Gasteiger partial charge is 0.339 e. The number of thiazole rings is 1. The van der Waals surface area contributed by atoms with Gasteiger partial charge >= 0.3 is 10.9 Å². The predicted octanol–water partition coefficient (Wildman–Crippen LogP) is 5.54. The number of rotatable bonds is 5. The first-order chi connectivity index (χ1) is 13.6. The van der Waals surface area contributed by atoms with E-state index in [2.05, 4.69) is 39.9 Å². The zero-order valence-electron chi connectivity index (χ0n) is 15.4. The Morgan fingerprint density at radius 2 is 1.82 bits per heavy atom. The van der Waals surface area contributed by atoms with Gasteiger partial charge in [-0.3, -0.25) is 10.1 Å². The lowest BCUT2D eigenvalue weighted by Crippen LogP contribution is -2.28. The van der Waals surface area contributed by atoms with Crippen LogP contribution in [0.15, 0.2) is 70.2 Å². The molecule has 2 aromatic carbocycles. The fraction of sp³-hybridized carbons (Fsp3) is 0.150. The number of fused-ring (bicyclic) bond motifs is 1. The van der Waals surface area contributed by atoms with Gasteiger partial charge in [0.1, 0.15) is 23.0 Å². The summed E-state index contributed by atoms with van der Waals surface area (Å²) in [6, 6.07) is 18.2. The highest BCUT2D eigenvalue weighted by atomic mass is 32.1. The Bertz CT molecular complexity index is 1190. The molecule has 0 fully saturated rings. The van der Waals surface area contributed by atoms with Crippen LogP contribution >= 0.6 is 11.3 Å². The van der Waals surface area contributed by atoms with E-state index in [4.69, 9.17) is 0 Å². The molecule has 0 spiro atoms. The maximum atomic E-state index is 11.1. The summed E-state index contributed by atoms with van der Waals surface area (Å²) in [7, 11) is 1.62. The lowest BCUT2D eigenvalue weighted by Gasteiger charge is -2.08. The van der Waals surface area contributed by atoms with E-state index >= 15 is 0 Å². The minimum Gasteiger partial charge on any atom is -0.339 e. The number of nitro groups is 1. The molecule has 8 heteroatoms. The summed E-state index contributed by atoms with van der Waals surface area (Å²) in [6.07, 6.45) is 0. The largest absolute Gasteiger partial charge is 0.514 e. The Balaban J connectivity index is 1.92. The van der Waals surface area contributed by atoms with Gasteiger partial charge in [-0.2, -0.15) is 0 Å². The van der Waals surface area contributed by atoms with Gasteiger partial charge in [0.25, 0.3) is 0 Å². The highest BCUT2D eigenvalue weighted by Crippen LogP contribution is 2.41. The van der Waals surface area contributed by atoms with Crippen LogP contribution < -0.4 is 4.57 Å². The number of aryl methyl sites for hydroxylation is 1. The number of hydrogen-bond acceptors (Lipinski definition) is 5. The van der Waals surface area contributed by atoms with Crippen LogP contribution in [-0.4, -0.2) is 9.49 Å². The Morgan fingerprint density at radius 1 is 1.11 bits per heavy atom. The minimum absolute atomic E-state index is 0.00165. The van der Waals surface area contributed by atoms with Crippen molar-refractivity contribution in [3.63, 3.8) is 0 Å². The van der Waals surface area contributed by atoms with Gasteiger partial charge in [-0.15, -0.1) is 9.68 Å². The molecule has 0 amide bonds. The van der Waals surface area contributed by atoms with Crippen LogP contribution in [0.1, 0.15) is 6.92 Å². The average Bonchev–Trinajstić information content (AvgIpc) is 3.24.